The molecule has 1 unspecified atom stereocenters. The summed E-state index contributed by atoms with van der Waals surface area (Å²) in [6.45, 7) is 0.378. The lowest BCUT2D eigenvalue weighted by atomic mass is 10.1. The Morgan fingerprint density at radius 1 is 1.24 bits per heavy atom. The normalized spacial score (nSPS) is 11.8. The highest BCUT2D eigenvalue weighted by Gasteiger charge is 2.13. The second-order valence-corrected chi connectivity index (χ2v) is 4.60. The van der Waals surface area contributed by atoms with Crippen LogP contribution in [0, 0.1) is 0 Å². The van der Waals surface area contributed by atoms with Gasteiger partial charge in [-0.3, -0.25) is 4.79 Å². The molecule has 0 aliphatic carbocycles. The monoisotopic (exact) mass is 297 g/mol. The van der Waals surface area contributed by atoms with Crippen molar-refractivity contribution in [1.29, 1.82) is 0 Å². The Labute approximate surface area is 125 Å². The van der Waals surface area contributed by atoms with E-state index in [2.05, 4.69) is 5.32 Å². The number of hydrogen-bond acceptors (Lipinski definition) is 5. The summed E-state index contributed by atoms with van der Waals surface area (Å²) in [5, 5.41) is 11.8. The van der Waals surface area contributed by atoms with Crippen LogP contribution in [0.2, 0.25) is 0 Å². The van der Waals surface area contributed by atoms with Gasteiger partial charge in [0.1, 0.15) is 0 Å². The van der Waals surface area contributed by atoms with E-state index in [9.17, 15) is 4.79 Å². The van der Waals surface area contributed by atoms with E-state index in [1.807, 2.05) is 6.07 Å². The topological polar surface area (TPSA) is 77.0 Å². The fourth-order valence-electron chi connectivity index (χ4n) is 2.01. The molecule has 1 aromatic carbocycles. The Morgan fingerprint density at radius 2 is 1.95 bits per heavy atom. The third-order valence-corrected chi connectivity index (χ3v) is 3.02. The average Bonchev–Trinajstić information content (AvgIpc) is 2.47. The predicted octanol–water partition coefficient (Wildman–Crippen LogP) is 0.760. The number of aliphatic hydroxyl groups excluding tert-OH is 1. The van der Waals surface area contributed by atoms with Gasteiger partial charge in [0.2, 0.25) is 5.91 Å². The molecular weight excluding hydrogens is 274 g/mol. The fourth-order valence-corrected chi connectivity index (χ4v) is 2.01. The first-order valence-electron chi connectivity index (χ1n) is 6.74. The lowest BCUT2D eigenvalue weighted by molar-refractivity contribution is -0.121. The number of amides is 1. The zero-order valence-electron chi connectivity index (χ0n) is 12.7. The van der Waals surface area contributed by atoms with Crippen molar-refractivity contribution in [3.8, 4) is 11.5 Å². The van der Waals surface area contributed by atoms with Crippen molar-refractivity contribution in [2.45, 2.75) is 18.9 Å². The molecular formula is C15H23NO5. The summed E-state index contributed by atoms with van der Waals surface area (Å²) in [7, 11) is 4.68. The smallest absolute Gasteiger partial charge is 0.224 e. The molecule has 0 saturated heterocycles. The molecule has 0 aliphatic heterocycles. The maximum Gasteiger partial charge on any atom is 0.224 e. The first-order chi connectivity index (χ1) is 10.1. The SMILES string of the molecule is COCC(CCO)NC(=O)Cc1ccc(OC)c(OC)c1. The van der Waals surface area contributed by atoms with Crippen LogP contribution in [0.5, 0.6) is 11.5 Å². The number of carbonyl (C=O) groups is 1. The molecule has 2 N–H and O–H groups in total. The number of rotatable bonds is 9. The Balaban J connectivity index is 2.65. The van der Waals surface area contributed by atoms with Crippen LogP contribution >= 0.6 is 0 Å². The highest BCUT2D eigenvalue weighted by molar-refractivity contribution is 5.79. The highest BCUT2D eigenvalue weighted by Crippen LogP contribution is 2.27. The van der Waals surface area contributed by atoms with Crippen LogP contribution in [0.25, 0.3) is 0 Å². The van der Waals surface area contributed by atoms with Gasteiger partial charge in [-0.25, -0.2) is 0 Å². The molecule has 0 radical (unpaired) electrons. The number of benzene rings is 1. The molecule has 0 spiro atoms. The molecule has 0 bridgehead atoms. The van der Waals surface area contributed by atoms with E-state index in [-0.39, 0.29) is 25.0 Å². The van der Waals surface area contributed by atoms with Gasteiger partial charge in [-0.05, 0) is 24.1 Å². The molecule has 0 heterocycles. The van der Waals surface area contributed by atoms with E-state index in [4.69, 9.17) is 19.3 Å². The van der Waals surface area contributed by atoms with E-state index in [0.717, 1.165) is 5.56 Å². The Morgan fingerprint density at radius 3 is 2.52 bits per heavy atom. The van der Waals surface area contributed by atoms with Crippen LogP contribution in [0.15, 0.2) is 18.2 Å². The van der Waals surface area contributed by atoms with Crippen LogP contribution < -0.4 is 14.8 Å². The van der Waals surface area contributed by atoms with Crippen molar-refractivity contribution in [3.63, 3.8) is 0 Å². The molecule has 6 heteroatoms. The second-order valence-electron chi connectivity index (χ2n) is 4.60. The first kappa shape index (κ1) is 17.3. The number of methoxy groups -OCH3 is 3. The van der Waals surface area contributed by atoms with Gasteiger partial charge >= 0.3 is 0 Å². The van der Waals surface area contributed by atoms with Crippen molar-refractivity contribution in [2.75, 3.05) is 34.5 Å². The third-order valence-electron chi connectivity index (χ3n) is 3.02. The number of ether oxygens (including phenoxy) is 3. The number of aliphatic hydroxyl groups is 1. The van der Waals surface area contributed by atoms with Gasteiger partial charge in [0, 0.05) is 13.7 Å². The molecule has 1 amide bonds. The summed E-state index contributed by atoms with van der Waals surface area (Å²) < 4.78 is 15.4. The standard InChI is InChI=1S/C15H23NO5/c1-19-10-12(6-7-17)16-15(18)9-11-4-5-13(20-2)14(8-11)21-3/h4-5,8,12,17H,6-7,9-10H2,1-3H3,(H,16,18). The lowest BCUT2D eigenvalue weighted by Gasteiger charge is -2.17. The molecule has 0 saturated carbocycles. The molecule has 1 aromatic rings. The zero-order valence-corrected chi connectivity index (χ0v) is 12.7. The number of nitrogens with one attached hydrogen (secondary N) is 1. The van der Waals surface area contributed by atoms with Gasteiger partial charge in [-0.2, -0.15) is 0 Å². The van der Waals surface area contributed by atoms with Crippen molar-refractivity contribution in [1.82, 2.24) is 5.32 Å². The van der Waals surface area contributed by atoms with Gasteiger partial charge in [-0.15, -0.1) is 0 Å². The molecule has 0 aliphatic rings. The van der Waals surface area contributed by atoms with Crippen LogP contribution in [0.4, 0.5) is 0 Å². The Kier molecular flexibility index (Phi) is 7.56. The zero-order chi connectivity index (χ0) is 15.7. The number of hydrogen-bond donors (Lipinski definition) is 2. The van der Waals surface area contributed by atoms with Crippen molar-refractivity contribution < 1.29 is 24.1 Å². The summed E-state index contributed by atoms with van der Waals surface area (Å²) in [5.41, 5.74) is 0.824. The molecule has 21 heavy (non-hydrogen) atoms. The van der Waals surface area contributed by atoms with Crippen LogP contribution in [0.1, 0.15) is 12.0 Å². The molecule has 118 valence electrons. The van der Waals surface area contributed by atoms with E-state index >= 15 is 0 Å². The second kappa shape index (κ2) is 9.20. The Bertz CT molecular complexity index is 444. The van der Waals surface area contributed by atoms with Crippen molar-refractivity contribution >= 4 is 5.91 Å². The minimum absolute atomic E-state index is 0.00463. The lowest BCUT2D eigenvalue weighted by Crippen LogP contribution is -2.39. The maximum atomic E-state index is 12.0. The summed E-state index contributed by atoms with van der Waals surface area (Å²) in [6, 6.07) is 5.17. The highest BCUT2D eigenvalue weighted by atomic mass is 16.5. The van der Waals surface area contributed by atoms with Gasteiger partial charge in [-0.1, -0.05) is 6.07 Å². The third kappa shape index (κ3) is 5.61. The quantitative estimate of drug-likeness (QED) is 0.704. The summed E-state index contributed by atoms with van der Waals surface area (Å²) in [6.07, 6.45) is 0.692. The van der Waals surface area contributed by atoms with E-state index in [0.29, 0.717) is 24.5 Å². The molecule has 1 atom stereocenters. The summed E-state index contributed by atoms with van der Waals surface area (Å²) >= 11 is 0. The predicted molar refractivity (Wildman–Crippen MR) is 78.8 cm³/mol. The first-order valence-corrected chi connectivity index (χ1v) is 6.74. The summed E-state index contributed by atoms with van der Waals surface area (Å²) in [4.78, 5) is 12.0. The summed E-state index contributed by atoms with van der Waals surface area (Å²) in [5.74, 6) is 1.09. The molecule has 1 rings (SSSR count). The molecule has 6 nitrogen and oxygen atoms in total. The van der Waals surface area contributed by atoms with Crippen molar-refractivity contribution in [3.05, 3.63) is 23.8 Å². The number of carbonyl (C=O) groups excluding carboxylic acids is 1. The minimum Gasteiger partial charge on any atom is -0.493 e. The van der Waals surface area contributed by atoms with Gasteiger partial charge in [0.15, 0.2) is 11.5 Å². The van der Waals surface area contributed by atoms with Gasteiger partial charge in [0.25, 0.3) is 0 Å². The molecule has 0 fully saturated rings. The average molecular weight is 297 g/mol. The van der Waals surface area contributed by atoms with Crippen LogP contribution in [-0.2, 0) is 16.0 Å². The van der Waals surface area contributed by atoms with E-state index in [1.165, 1.54) is 0 Å². The molecule has 0 aromatic heterocycles. The maximum absolute atomic E-state index is 12.0. The van der Waals surface area contributed by atoms with Crippen LogP contribution in [-0.4, -0.2) is 51.6 Å². The van der Waals surface area contributed by atoms with Crippen molar-refractivity contribution in [2.24, 2.45) is 0 Å². The van der Waals surface area contributed by atoms with E-state index in [1.54, 1.807) is 33.5 Å². The van der Waals surface area contributed by atoms with E-state index < -0.39 is 0 Å². The van der Waals surface area contributed by atoms with Gasteiger partial charge < -0.3 is 24.6 Å². The minimum atomic E-state index is -0.187. The largest absolute Gasteiger partial charge is 0.493 e. The fraction of sp³-hybridized carbons (Fsp3) is 0.533. The van der Waals surface area contributed by atoms with Crippen LogP contribution in [0.3, 0.4) is 0 Å². The van der Waals surface area contributed by atoms with Gasteiger partial charge in [0.05, 0.1) is 33.3 Å². The Hall–Kier alpha value is -1.79.